The molecule has 0 saturated carbocycles. The smallest absolute Gasteiger partial charge is 0.223 e. The molecule has 1 aliphatic rings. The Morgan fingerprint density at radius 1 is 1.47 bits per heavy atom. The molecule has 0 aromatic heterocycles. The molecule has 100 valence electrons. The lowest BCUT2D eigenvalue weighted by Crippen LogP contribution is -2.43. The van der Waals surface area contributed by atoms with Crippen LogP contribution in [0.1, 0.15) is 27.2 Å². The summed E-state index contributed by atoms with van der Waals surface area (Å²) >= 11 is 3.49. The average molecular weight is 322 g/mol. The monoisotopic (exact) mass is 321 g/mol. The van der Waals surface area contributed by atoms with Gasteiger partial charge in [-0.3, -0.25) is 4.79 Å². The lowest BCUT2D eigenvalue weighted by atomic mass is 10.2. The Balaban J connectivity index is 2.36. The van der Waals surface area contributed by atoms with E-state index in [1.807, 2.05) is 4.90 Å². The van der Waals surface area contributed by atoms with Crippen molar-refractivity contribution in [3.05, 3.63) is 0 Å². The molecule has 1 amide bonds. The van der Waals surface area contributed by atoms with Gasteiger partial charge in [-0.15, -0.1) is 0 Å². The van der Waals surface area contributed by atoms with Gasteiger partial charge in [0.15, 0.2) is 8.32 Å². The zero-order chi connectivity index (χ0) is 13.3. The van der Waals surface area contributed by atoms with Gasteiger partial charge in [0, 0.05) is 24.3 Å². The fraction of sp³-hybridized carbons (Fsp3) is 0.917. The average Bonchev–Trinajstić information content (AvgIpc) is 2.43. The van der Waals surface area contributed by atoms with Gasteiger partial charge in [0.1, 0.15) is 0 Å². The van der Waals surface area contributed by atoms with Gasteiger partial charge in [0.25, 0.3) is 0 Å². The first-order valence-electron chi connectivity index (χ1n) is 6.19. The summed E-state index contributed by atoms with van der Waals surface area (Å²) in [5.41, 5.74) is 0. The highest BCUT2D eigenvalue weighted by Crippen LogP contribution is 2.36. The molecule has 1 saturated heterocycles. The van der Waals surface area contributed by atoms with E-state index >= 15 is 0 Å². The zero-order valence-electron chi connectivity index (χ0n) is 11.5. The fourth-order valence-corrected chi connectivity index (χ4v) is 3.23. The van der Waals surface area contributed by atoms with Crippen molar-refractivity contribution < 1.29 is 9.22 Å². The van der Waals surface area contributed by atoms with Crippen molar-refractivity contribution in [3.63, 3.8) is 0 Å². The lowest BCUT2D eigenvalue weighted by Gasteiger charge is -2.36. The molecule has 0 bridgehead atoms. The molecule has 17 heavy (non-hydrogen) atoms. The maximum atomic E-state index is 11.6. The maximum absolute atomic E-state index is 11.6. The first-order valence-corrected chi connectivity index (χ1v) is 10.0. The van der Waals surface area contributed by atoms with E-state index in [9.17, 15) is 4.79 Å². The van der Waals surface area contributed by atoms with E-state index in [0.29, 0.717) is 17.9 Å². The van der Waals surface area contributed by atoms with Gasteiger partial charge < -0.3 is 9.33 Å². The molecule has 1 heterocycles. The minimum absolute atomic E-state index is 0.236. The molecule has 1 fully saturated rings. The van der Waals surface area contributed by atoms with Crippen molar-refractivity contribution in [2.75, 3.05) is 19.7 Å². The minimum atomic E-state index is -1.67. The highest BCUT2D eigenvalue weighted by Gasteiger charge is 2.37. The maximum Gasteiger partial charge on any atom is 0.223 e. The summed E-state index contributed by atoms with van der Waals surface area (Å²) in [5.74, 6) is 0.241. The molecule has 1 atom stereocenters. The van der Waals surface area contributed by atoms with Crippen LogP contribution in [0.15, 0.2) is 0 Å². The molecule has 1 rings (SSSR count). The molecule has 5 heteroatoms. The summed E-state index contributed by atoms with van der Waals surface area (Å²) in [7, 11) is -1.67. The highest BCUT2D eigenvalue weighted by molar-refractivity contribution is 9.09. The lowest BCUT2D eigenvalue weighted by molar-refractivity contribution is -0.128. The quantitative estimate of drug-likeness (QED) is 0.588. The number of hydrogen-bond acceptors (Lipinski definition) is 2. The Morgan fingerprint density at radius 2 is 2.06 bits per heavy atom. The predicted molar refractivity (Wildman–Crippen MR) is 77.1 cm³/mol. The summed E-state index contributed by atoms with van der Waals surface area (Å²) in [6.07, 6.45) is 0.625. The van der Waals surface area contributed by atoms with Crippen molar-refractivity contribution >= 4 is 30.2 Å². The number of nitrogens with zero attached hydrogens (tertiary/aromatic N) is 1. The van der Waals surface area contributed by atoms with Crippen LogP contribution in [0.5, 0.6) is 0 Å². The van der Waals surface area contributed by atoms with Crippen LogP contribution < -0.4 is 0 Å². The Morgan fingerprint density at radius 3 is 2.47 bits per heavy atom. The SMILES string of the molecule is CC(C)(C)[Si](C)(C)OCCN1CC(Br)CC1=O. The van der Waals surface area contributed by atoms with E-state index in [1.165, 1.54) is 0 Å². The molecule has 0 radical (unpaired) electrons. The van der Waals surface area contributed by atoms with Crippen molar-refractivity contribution in [2.24, 2.45) is 0 Å². The van der Waals surface area contributed by atoms with Gasteiger partial charge in [0.05, 0.1) is 6.61 Å². The number of amides is 1. The topological polar surface area (TPSA) is 29.5 Å². The number of hydrogen-bond donors (Lipinski definition) is 0. The summed E-state index contributed by atoms with van der Waals surface area (Å²) in [6, 6.07) is 0. The highest BCUT2D eigenvalue weighted by atomic mass is 79.9. The molecular formula is C12H24BrNO2Si. The van der Waals surface area contributed by atoms with Gasteiger partial charge in [-0.2, -0.15) is 0 Å². The van der Waals surface area contributed by atoms with Crippen LogP contribution in [-0.4, -0.2) is 43.6 Å². The number of carbonyl (C=O) groups is 1. The van der Waals surface area contributed by atoms with Crippen molar-refractivity contribution in [3.8, 4) is 0 Å². The van der Waals surface area contributed by atoms with E-state index in [4.69, 9.17) is 4.43 Å². The summed E-state index contributed by atoms with van der Waals surface area (Å²) in [6.45, 7) is 13.4. The predicted octanol–water partition coefficient (Wildman–Crippen LogP) is 3.00. The number of carbonyl (C=O) groups excluding carboxylic acids is 1. The number of halogens is 1. The fourth-order valence-electron chi connectivity index (χ4n) is 1.57. The second kappa shape index (κ2) is 5.41. The standard InChI is InChI=1S/C12H24BrNO2Si/c1-12(2,3)17(4,5)16-7-6-14-9-10(13)8-11(14)15/h10H,6-9H2,1-5H3. The number of rotatable bonds is 4. The van der Waals surface area contributed by atoms with E-state index in [-0.39, 0.29) is 10.9 Å². The van der Waals surface area contributed by atoms with Gasteiger partial charge in [-0.05, 0) is 18.1 Å². The van der Waals surface area contributed by atoms with E-state index in [1.54, 1.807) is 0 Å². The van der Waals surface area contributed by atoms with Gasteiger partial charge in [-0.25, -0.2) is 0 Å². The Hall–Kier alpha value is 0.127. The van der Waals surface area contributed by atoms with E-state index in [2.05, 4.69) is 49.8 Å². The molecule has 0 aromatic rings. The van der Waals surface area contributed by atoms with Crippen LogP contribution in [0.25, 0.3) is 0 Å². The van der Waals surface area contributed by atoms with Gasteiger partial charge in [-0.1, -0.05) is 36.7 Å². The number of likely N-dealkylation sites (tertiary alicyclic amines) is 1. The van der Waals surface area contributed by atoms with Gasteiger partial charge in [0.2, 0.25) is 5.91 Å². The normalized spacial score (nSPS) is 22.4. The molecular weight excluding hydrogens is 298 g/mol. The van der Waals surface area contributed by atoms with Crippen LogP contribution >= 0.6 is 15.9 Å². The Labute approximate surface area is 114 Å². The van der Waals surface area contributed by atoms with E-state index < -0.39 is 8.32 Å². The third-order valence-corrected chi connectivity index (χ3v) is 8.95. The summed E-state index contributed by atoms with van der Waals surface area (Å²) < 4.78 is 6.07. The van der Waals surface area contributed by atoms with Crippen molar-refractivity contribution in [2.45, 2.75) is 50.2 Å². The van der Waals surface area contributed by atoms with Crippen molar-refractivity contribution in [1.82, 2.24) is 4.90 Å². The summed E-state index contributed by atoms with van der Waals surface area (Å²) in [4.78, 5) is 13.8. The van der Waals surface area contributed by atoms with Crippen LogP contribution in [0.4, 0.5) is 0 Å². The third-order valence-electron chi connectivity index (χ3n) is 3.80. The molecule has 0 aromatic carbocycles. The molecule has 1 unspecified atom stereocenters. The second-order valence-electron chi connectivity index (χ2n) is 6.25. The Kier molecular flexibility index (Phi) is 4.83. The van der Waals surface area contributed by atoms with Gasteiger partial charge >= 0.3 is 0 Å². The second-order valence-corrected chi connectivity index (χ2v) is 12.4. The first kappa shape index (κ1) is 15.2. The summed E-state index contributed by atoms with van der Waals surface area (Å²) in [5, 5.41) is 0.236. The molecule has 3 nitrogen and oxygen atoms in total. The Bertz CT molecular complexity index is 289. The molecule has 0 spiro atoms. The van der Waals surface area contributed by atoms with Crippen LogP contribution in [0, 0.1) is 0 Å². The first-order chi connectivity index (χ1) is 7.63. The van der Waals surface area contributed by atoms with Crippen LogP contribution in [0.2, 0.25) is 18.1 Å². The minimum Gasteiger partial charge on any atom is -0.415 e. The third kappa shape index (κ3) is 4.07. The molecule has 0 aliphatic carbocycles. The number of alkyl halides is 1. The molecule has 1 aliphatic heterocycles. The van der Waals surface area contributed by atoms with E-state index in [0.717, 1.165) is 13.1 Å². The van der Waals surface area contributed by atoms with Crippen LogP contribution in [0.3, 0.4) is 0 Å². The van der Waals surface area contributed by atoms with Crippen molar-refractivity contribution in [1.29, 1.82) is 0 Å². The molecule has 0 N–H and O–H groups in total. The largest absolute Gasteiger partial charge is 0.415 e. The van der Waals surface area contributed by atoms with Crippen LogP contribution in [-0.2, 0) is 9.22 Å². The zero-order valence-corrected chi connectivity index (χ0v) is 14.1.